The minimum Gasteiger partial charge on any atom is -0.505 e. The van der Waals surface area contributed by atoms with E-state index in [1.165, 1.54) is 0 Å². The lowest BCUT2D eigenvalue weighted by molar-refractivity contribution is 0.0588. The fraction of sp³-hybridized carbons (Fsp3) is 0.250. The van der Waals surface area contributed by atoms with Gasteiger partial charge in [-0.2, -0.15) is 0 Å². The SMILES string of the molecule is COC(=O)c1[nH]c(=O)cc(C(F)F)c1O. The molecule has 0 aliphatic rings. The zero-order chi connectivity index (χ0) is 11.6. The predicted molar refractivity (Wildman–Crippen MR) is 45.0 cm³/mol. The Morgan fingerprint density at radius 1 is 1.60 bits per heavy atom. The van der Waals surface area contributed by atoms with Crippen molar-refractivity contribution in [1.82, 2.24) is 4.98 Å². The summed E-state index contributed by atoms with van der Waals surface area (Å²) in [6.07, 6.45) is -3.05. The molecule has 5 nitrogen and oxygen atoms in total. The molecule has 1 aromatic heterocycles. The first-order chi connectivity index (χ1) is 6.97. The summed E-state index contributed by atoms with van der Waals surface area (Å²) in [6.45, 7) is 0. The molecule has 0 spiro atoms. The minimum absolute atomic E-state index is 0.520. The number of aromatic nitrogens is 1. The van der Waals surface area contributed by atoms with Crippen LogP contribution in [0.3, 0.4) is 0 Å². The summed E-state index contributed by atoms with van der Waals surface area (Å²) in [7, 11) is 0.995. The number of carbonyl (C=O) groups excluding carboxylic acids is 1. The normalized spacial score (nSPS) is 10.4. The second kappa shape index (κ2) is 4.07. The maximum absolute atomic E-state index is 12.3. The number of esters is 1. The summed E-state index contributed by atoms with van der Waals surface area (Å²) < 4.78 is 28.8. The molecule has 7 heteroatoms. The summed E-state index contributed by atoms with van der Waals surface area (Å²) in [5, 5.41) is 9.23. The third-order valence-corrected chi connectivity index (χ3v) is 1.67. The van der Waals surface area contributed by atoms with E-state index in [0.29, 0.717) is 6.07 Å². The number of halogens is 2. The van der Waals surface area contributed by atoms with E-state index in [4.69, 9.17) is 0 Å². The topological polar surface area (TPSA) is 79.4 Å². The number of carbonyl (C=O) groups is 1. The zero-order valence-electron chi connectivity index (χ0n) is 7.58. The number of aromatic hydroxyl groups is 1. The van der Waals surface area contributed by atoms with Gasteiger partial charge in [0.1, 0.15) is 0 Å². The standard InChI is InChI=1S/C8H7F2NO4/c1-15-8(14)5-6(13)3(7(9)10)2-4(12)11-5/h2,7,13H,1H3,(H,11,12). The Balaban J connectivity index is 3.41. The van der Waals surface area contributed by atoms with E-state index < -0.39 is 35.0 Å². The molecule has 0 bridgehead atoms. The molecule has 1 heterocycles. The molecule has 2 N–H and O–H groups in total. The largest absolute Gasteiger partial charge is 0.505 e. The van der Waals surface area contributed by atoms with E-state index >= 15 is 0 Å². The van der Waals surface area contributed by atoms with E-state index in [9.17, 15) is 23.5 Å². The molecular formula is C8H7F2NO4. The molecule has 1 rings (SSSR count). The van der Waals surface area contributed by atoms with Crippen molar-refractivity contribution in [3.8, 4) is 5.75 Å². The summed E-state index contributed by atoms with van der Waals surface area (Å²) >= 11 is 0. The van der Waals surface area contributed by atoms with Crippen LogP contribution in [-0.2, 0) is 4.74 Å². The first kappa shape index (κ1) is 11.2. The average Bonchev–Trinajstić information content (AvgIpc) is 2.19. The highest BCUT2D eigenvalue weighted by molar-refractivity contribution is 5.90. The molecule has 15 heavy (non-hydrogen) atoms. The summed E-state index contributed by atoms with van der Waals surface area (Å²) in [5.74, 6) is -2.07. The quantitative estimate of drug-likeness (QED) is 0.721. The Morgan fingerprint density at radius 3 is 2.67 bits per heavy atom. The Kier molecular flexibility index (Phi) is 3.03. The summed E-state index contributed by atoms with van der Waals surface area (Å²) in [6, 6.07) is 0.520. The molecule has 0 atom stereocenters. The number of rotatable bonds is 2. The number of ether oxygens (including phenoxy) is 1. The van der Waals surface area contributed by atoms with Gasteiger partial charge in [-0.15, -0.1) is 0 Å². The highest BCUT2D eigenvalue weighted by Gasteiger charge is 2.21. The van der Waals surface area contributed by atoms with Crippen LogP contribution in [0.25, 0.3) is 0 Å². The number of pyridine rings is 1. The van der Waals surface area contributed by atoms with Crippen molar-refractivity contribution in [3.05, 3.63) is 27.7 Å². The van der Waals surface area contributed by atoms with E-state index in [1.54, 1.807) is 0 Å². The second-order valence-corrected chi connectivity index (χ2v) is 2.60. The molecule has 0 amide bonds. The number of aromatic amines is 1. The maximum Gasteiger partial charge on any atom is 0.358 e. The van der Waals surface area contributed by atoms with Gasteiger partial charge in [0, 0.05) is 6.07 Å². The monoisotopic (exact) mass is 219 g/mol. The Hall–Kier alpha value is -1.92. The Labute approximate surface area is 82.3 Å². The van der Waals surface area contributed by atoms with Crippen LogP contribution < -0.4 is 5.56 Å². The van der Waals surface area contributed by atoms with Crippen LogP contribution in [0.1, 0.15) is 22.5 Å². The van der Waals surface area contributed by atoms with Crippen molar-refractivity contribution in [2.45, 2.75) is 6.43 Å². The molecule has 0 aromatic carbocycles. The van der Waals surface area contributed by atoms with Crippen LogP contribution >= 0.6 is 0 Å². The van der Waals surface area contributed by atoms with E-state index in [1.807, 2.05) is 4.98 Å². The minimum atomic E-state index is -3.05. The summed E-state index contributed by atoms with van der Waals surface area (Å²) in [5.41, 5.74) is -2.50. The zero-order valence-corrected chi connectivity index (χ0v) is 7.58. The Morgan fingerprint density at radius 2 is 2.20 bits per heavy atom. The third-order valence-electron chi connectivity index (χ3n) is 1.67. The van der Waals surface area contributed by atoms with Gasteiger partial charge >= 0.3 is 5.97 Å². The predicted octanol–water partition coefficient (Wildman–Crippen LogP) is 0.805. The van der Waals surface area contributed by atoms with Gasteiger partial charge < -0.3 is 14.8 Å². The lowest BCUT2D eigenvalue weighted by atomic mass is 10.2. The number of hydrogen-bond donors (Lipinski definition) is 2. The van der Waals surface area contributed by atoms with Gasteiger partial charge in [0.15, 0.2) is 11.4 Å². The van der Waals surface area contributed by atoms with Gasteiger partial charge in [0.2, 0.25) is 5.56 Å². The number of methoxy groups -OCH3 is 1. The van der Waals surface area contributed by atoms with Crippen molar-refractivity contribution in [1.29, 1.82) is 0 Å². The molecule has 0 aliphatic heterocycles. The lowest BCUT2D eigenvalue weighted by Gasteiger charge is -2.06. The van der Waals surface area contributed by atoms with Crippen LogP contribution in [-0.4, -0.2) is 23.2 Å². The van der Waals surface area contributed by atoms with E-state index in [0.717, 1.165) is 7.11 Å². The van der Waals surface area contributed by atoms with Crippen molar-refractivity contribution in [3.63, 3.8) is 0 Å². The fourth-order valence-corrected chi connectivity index (χ4v) is 0.989. The molecule has 0 saturated heterocycles. The van der Waals surface area contributed by atoms with E-state index in [-0.39, 0.29) is 0 Å². The first-order valence-corrected chi connectivity index (χ1v) is 3.80. The highest BCUT2D eigenvalue weighted by atomic mass is 19.3. The molecule has 1 aromatic rings. The van der Waals surface area contributed by atoms with Crippen LogP contribution in [0.2, 0.25) is 0 Å². The van der Waals surface area contributed by atoms with Gasteiger partial charge in [0.05, 0.1) is 12.7 Å². The highest BCUT2D eigenvalue weighted by Crippen LogP contribution is 2.28. The smallest absolute Gasteiger partial charge is 0.358 e. The van der Waals surface area contributed by atoms with Crippen molar-refractivity contribution >= 4 is 5.97 Å². The number of H-pyrrole nitrogens is 1. The van der Waals surface area contributed by atoms with E-state index in [2.05, 4.69) is 4.74 Å². The van der Waals surface area contributed by atoms with Crippen molar-refractivity contribution in [2.24, 2.45) is 0 Å². The van der Waals surface area contributed by atoms with Gasteiger partial charge in [-0.25, -0.2) is 13.6 Å². The molecule has 0 aliphatic carbocycles. The fourth-order valence-electron chi connectivity index (χ4n) is 0.989. The molecule has 82 valence electrons. The third kappa shape index (κ3) is 2.12. The van der Waals surface area contributed by atoms with Crippen LogP contribution in [0.15, 0.2) is 10.9 Å². The number of alkyl halides is 2. The molecule has 0 radical (unpaired) electrons. The summed E-state index contributed by atoms with van der Waals surface area (Å²) in [4.78, 5) is 23.8. The molecule has 0 fully saturated rings. The van der Waals surface area contributed by atoms with Crippen LogP contribution in [0.5, 0.6) is 5.75 Å². The lowest BCUT2D eigenvalue weighted by Crippen LogP contribution is -2.15. The number of nitrogens with one attached hydrogen (secondary N) is 1. The van der Waals surface area contributed by atoms with Crippen molar-refractivity contribution < 1.29 is 23.4 Å². The van der Waals surface area contributed by atoms with Gasteiger partial charge in [-0.05, 0) is 0 Å². The van der Waals surface area contributed by atoms with Gasteiger partial charge in [-0.1, -0.05) is 0 Å². The molecule has 0 unspecified atom stereocenters. The number of hydrogen-bond acceptors (Lipinski definition) is 4. The van der Waals surface area contributed by atoms with Crippen molar-refractivity contribution in [2.75, 3.05) is 7.11 Å². The second-order valence-electron chi connectivity index (χ2n) is 2.60. The molecule has 0 saturated carbocycles. The van der Waals surface area contributed by atoms with Crippen LogP contribution in [0.4, 0.5) is 8.78 Å². The van der Waals surface area contributed by atoms with Gasteiger partial charge in [0.25, 0.3) is 6.43 Å². The van der Waals surface area contributed by atoms with Crippen LogP contribution in [0, 0.1) is 0 Å². The van der Waals surface area contributed by atoms with Gasteiger partial charge in [-0.3, -0.25) is 4.79 Å². The first-order valence-electron chi connectivity index (χ1n) is 3.80. The molecular weight excluding hydrogens is 212 g/mol. The maximum atomic E-state index is 12.3. The Bertz CT molecular complexity index is 441. The average molecular weight is 219 g/mol.